The molecule has 1 aliphatic rings. The van der Waals surface area contributed by atoms with Gasteiger partial charge in [0.2, 0.25) is 0 Å². The van der Waals surface area contributed by atoms with Gasteiger partial charge in [-0.3, -0.25) is 19.2 Å². The first kappa shape index (κ1) is 44.6. The van der Waals surface area contributed by atoms with Gasteiger partial charge in [0.05, 0.1) is 65.7 Å². The topological polar surface area (TPSA) is 124 Å². The van der Waals surface area contributed by atoms with Gasteiger partial charge in [-0.2, -0.15) is 0 Å². The number of carbonyl (C=O) groups excluding carboxylic acids is 4. The summed E-state index contributed by atoms with van der Waals surface area (Å²) in [7, 11) is 2.95. The highest BCUT2D eigenvalue weighted by atomic mass is 79.9. The van der Waals surface area contributed by atoms with E-state index >= 15 is 0 Å². The lowest BCUT2D eigenvalue weighted by atomic mass is 9.90. The van der Waals surface area contributed by atoms with Crippen LogP contribution in [0.15, 0.2) is 60.0 Å². The fourth-order valence-electron chi connectivity index (χ4n) is 5.02. The summed E-state index contributed by atoms with van der Waals surface area (Å²) in [5, 5.41) is 1.91. The molecule has 0 aliphatic carbocycles. The zero-order valence-electron chi connectivity index (χ0n) is 32.1. The summed E-state index contributed by atoms with van der Waals surface area (Å²) < 4.78 is 34.2. The van der Waals surface area contributed by atoms with E-state index in [0.29, 0.717) is 23.0 Å². The van der Waals surface area contributed by atoms with Crippen molar-refractivity contribution in [2.24, 2.45) is 0 Å². The average molecular weight is 844 g/mol. The van der Waals surface area contributed by atoms with Crippen molar-refractivity contribution in [3.05, 3.63) is 75.3 Å². The number of esters is 2. The summed E-state index contributed by atoms with van der Waals surface area (Å²) in [4.78, 5) is 48.2. The number of methoxy groups -OCH3 is 2. The molecule has 2 aromatic heterocycles. The Bertz CT molecular complexity index is 1960. The number of halogens is 1. The number of fused-ring (bicyclic) bond motifs is 2. The summed E-state index contributed by atoms with van der Waals surface area (Å²) in [6.07, 6.45) is 2.29. The van der Waals surface area contributed by atoms with Gasteiger partial charge in [-0.15, -0.1) is 29.3 Å². The lowest BCUT2D eigenvalue weighted by Crippen LogP contribution is -2.41. The first-order valence-electron chi connectivity index (χ1n) is 17.4. The molecule has 2 aromatic carbocycles. The van der Waals surface area contributed by atoms with Gasteiger partial charge in [-0.1, -0.05) is 18.6 Å². The second kappa shape index (κ2) is 20.2. The van der Waals surface area contributed by atoms with Gasteiger partial charge in [0.1, 0.15) is 11.5 Å². The number of hydrogen-bond acceptors (Lipinski definition) is 12. The van der Waals surface area contributed by atoms with E-state index in [2.05, 4.69) is 29.1 Å². The molecule has 0 atom stereocenters. The van der Waals surface area contributed by atoms with Crippen LogP contribution in [-0.4, -0.2) is 69.3 Å². The molecule has 0 amide bonds. The summed E-state index contributed by atoms with van der Waals surface area (Å²) in [5.74, 6) is 2.37. The van der Waals surface area contributed by atoms with Crippen molar-refractivity contribution in [1.29, 1.82) is 0 Å². The molecule has 1 saturated heterocycles. The number of thiophene rings is 2. The molecule has 3 heterocycles. The molecule has 54 heavy (non-hydrogen) atoms. The molecule has 1 aliphatic heterocycles. The summed E-state index contributed by atoms with van der Waals surface area (Å²) in [5.41, 5.74) is 0.430. The zero-order valence-corrected chi connectivity index (χ0v) is 35.3. The Kier molecular flexibility index (Phi) is 16.7. The minimum absolute atomic E-state index is 0.0423. The van der Waals surface area contributed by atoms with E-state index in [1.54, 1.807) is 40.1 Å². The molecule has 4 aromatic rings. The third-order valence-corrected chi connectivity index (χ3v) is 11.5. The van der Waals surface area contributed by atoms with Crippen LogP contribution in [0.2, 0.25) is 0 Å². The number of ether oxygens (including phenoxy) is 4. The van der Waals surface area contributed by atoms with Crippen LogP contribution in [0.1, 0.15) is 92.1 Å². The summed E-state index contributed by atoms with van der Waals surface area (Å²) in [6, 6.07) is 11.3. The molecule has 0 radical (unpaired) electrons. The van der Waals surface area contributed by atoms with Crippen LogP contribution in [0.25, 0.3) is 26.2 Å². The maximum Gasteiger partial charge on any atom is 0.486 e. The fourth-order valence-corrected chi connectivity index (χ4v) is 7.79. The highest BCUT2D eigenvalue weighted by Crippen LogP contribution is 2.37. The molecule has 5 rings (SSSR count). The highest BCUT2D eigenvalue weighted by Gasteiger charge is 2.49. The summed E-state index contributed by atoms with van der Waals surface area (Å²) in [6.45, 7) is 19.6. The normalized spacial score (nSPS) is 13.9. The molecule has 0 N–H and O–H groups in total. The third kappa shape index (κ3) is 11.8. The van der Waals surface area contributed by atoms with E-state index in [-0.39, 0.29) is 67.5 Å². The molecule has 1 fully saturated rings. The van der Waals surface area contributed by atoms with Crippen LogP contribution in [0, 0.1) is 0 Å². The van der Waals surface area contributed by atoms with E-state index in [1.165, 1.54) is 22.7 Å². The Morgan fingerprint density at radius 3 is 1.56 bits per heavy atom. The lowest BCUT2D eigenvalue weighted by Gasteiger charge is -2.32. The molecule has 0 saturated carbocycles. The molecule has 0 spiro atoms. The molecule has 0 bridgehead atoms. The third-order valence-electron chi connectivity index (χ3n) is 8.62. The van der Waals surface area contributed by atoms with Gasteiger partial charge in [-0.25, -0.2) is 0 Å². The van der Waals surface area contributed by atoms with Crippen molar-refractivity contribution in [3.8, 4) is 11.5 Å². The van der Waals surface area contributed by atoms with E-state index < -0.39 is 0 Å². The smallest absolute Gasteiger partial charge is 0.486 e. The molecular formula is C40H48BBrO10S2. The molecule has 14 heteroatoms. The van der Waals surface area contributed by atoms with Crippen molar-refractivity contribution in [3.63, 3.8) is 0 Å². The van der Waals surface area contributed by atoms with Crippen molar-refractivity contribution >= 4 is 95.5 Å². The standard InChI is InChI=1S/C17H18O4S.C15H15BrO4S.C8H15BO2/c1-4-11-9-15-12(8-14(11)20-3)10-16(22-15)13(18)6-7-17(19)21-5-2;1-3-20-15(18)5-4-11(17)14-7-9-6-12(19-2)10(16)8-13(9)21-14;1-6-9-10-7(2,3)8(4,5)11-9/h4,8-10H,1,5-7H2,2-3H3;6-8H,3-5H2,1-2H3;6H,1H2,2-5H3. The van der Waals surface area contributed by atoms with Gasteiger partial charge < -0.3 is 28.3 Å². The molecular weight excluding hydrogens is 795 g/mol. The zero-order chi connectivity index (χ0) is 40.2. The monoisotopic (exact) mass is 842 g/mol. The van der Waals surface area contributed by atoms with Gasteiger partial charge >= 0.3 is 19.1 Å². The number of Topliss-reactive ketones (excluding diaryl/α,β-unsaturated/α-hetero) is 2. The maximum atomic E-state index is 12.2. The number of rotatable bonds is 14. The van der Waals surface area contributed by atoms with Gasteiger partial charge in [0.25, 0.3) is 0 Å². The van der Waals surface area contributed by atoms with E-state index in [0.717, 1.165) is 41.7 Å². The minimum Gasteiger partial charge on any atom is -0.496 e. The molecule has 0 unspecified atom stereocenters. The van der Waals surface area contributed by atoms with E-state index in [9.17, 15) is 19.2 Å². The van der Waals surface area contributed by atoms with Gasteiger partial charge in [-0.05, 0) is 105 Å². The van der Waals surface area contributed by atoms with Crippen LogP contribution >= 0.6 is 38.6 Å². The van der Waals surface area contributed by atoms with E-state index in [1.807, 2.05) is 64.1 Å². The largest absolute Gasteiger partial charge is 0.496 e. The second-order valence-electron chi connectivity index (χ2n) is 12.9. The number of carbonyl (C=O) groups is 4. The number of benzene rings is 2. The Morgan fingerprint density at radius 1 is 0.722 bits per heavy atom. The van der Waals surface area contributed by atoms with Crippen LogP contribution in [0.5, 0.6) is 11.5 Å². The fraction of sp³-hybridized carbons (Fsp3) is 0.400. The van der Waals surface area contributed by atoms with Crippen molar-refractivity contribution in [1.82, 2.24) is 0 Å². The Morgan fingerprint density at radius 2 is 1.17 bits per heavy atom. The Hall–Kier alpha value is -3.82. The second-order valence-corrected chi connectivity index (χ2v) is 15.9. The SMILES string of the molecule is C=CB1OC(C)(C)C(C)(C)O1.C=Cc1cc2sc(C(=O)CCC(=O)OCC)cc2cc1OC.CCOC(=O)CCC(=O)c1cc2cc(OC)c(Br)cc2s1. The Balaban J connectivity index is 0.000000230. The number of ketones is 2. The predicted octanol–water partition coefficient (Wildman–Crippen LogP) is 10.1. The summed E-state index contributed by atoms with van der Waals surface area (Å²) >= 11 is 6.26. The van der Waals surface area contributed by atoms with Crippen molar-refractivity contribution in [2.45, 2.75) is 78.4 Å². The first-order chi connectivity index (χ1) is 25.5. The molecule has 10 nitrogen and oxygen atoms in total. The van der Waals surface area contributed by atoms with Crippen LogP contribution in [0.3, 0.4) is 0 Å². The molecule has 290 valence electrons. The van der Waals surface area contributed by atoms with Gasteiger partial charge in [0, 0.05) is 27.8 Å². The van der Waals surface area contributed by atoms with E-state index in [4.69, 9.17) is 28.3 Å². The van der Waals surface area contributed by atoms with Gasteiger partial charge in [0.15, 0.2) is 11.6 Å². The van der Waals surface area contributed by atoms with Crippen molar-refractivity contribution in [2.75, 3.05) is 27.4 Å². The van der Waals surface area contributed by atoms with Crippen molar-refractivity contribution < 1.29 is 47.4 Å². The minimum atomic E-state index is -0.340. The average Bonchev–Trinajstić information content (AvgIpc) is 3.81. The van der Waals surface area contributed by atoms with Crippen LogP contribution in [-0.2, 0) is 28.4 Å². The van der Waals surface area contributed by atoms with Crippen LogP contribution in [0.4, 0.5) is 0 Å². The first-order valence-corrected chi connectivity index (χ1v) is 19.8. The lowest BCUT2D eigenvalue weighted by molar-refractivity contribution is -0.143. The Labute approximate surface area is 334 Å². The highest BCUT2D eigenvalue weighted by molar-refractivity contribution is 9.10. The maximum absolute atomic E-state index is 12.2. The number of hydrogen-bond donors (Lipinski definition) is 0. The predicted molar refractivity (Wildman–Crippen MR) is 221 cm³/mol. The quantitative estimate of drug-likeness (QED) is 0.0689. The van der Waals surface area contributed by atoms with Crippen LogP contribution < -0.4 is 9.47 Å².